The highest BCUT2D eigenvalue weighted by Gasteiger charge is 2.36. The zero-order valence-corrected chi connectivity index (χ0v) is 13.3. The van der Waals surface area contributed by atoms with Gasteiger partial charge >= 0.3 is 5.97 Å². The zero-order valence-electron chi connectivity index (χ0n) is 13.3. The number of hydrogen-bond acceptors (Lipinski definition) is 4. The summed E-state index contributed by atoms with van der Waals surface area (Å²) in [7, 11) is 1.35. The topological polar surface area (TPSA) is 72.6 Å². The number of methoxy groups -OCH3 is 1. The Morgan fingerprint density at radius 3 is 2.82 bits per heavy atom. The Hall–Kier alpha value is -2.04. The number of anilines is 1. The monoisotopic (exact) mass is 304 g/mol. The van der Waals surface area contributed by atoms with Gasteiger partial charge in [-0.2, -0.15) is 0 Å². The van der Waals surface area contributed by atoms with Gasteiger partial charge in [-0.3, -0.25) is 4.79 Å². The molecule has 2 rings (SSSR count). The van der Waals surface area contributed by atoms with Crippen molar-refractivity contribution in [2.24, 2.45) is 0 Å². The average molecular weight is 304 g/mol. The highest BCUT2D eigenvalue weighted by Crippen LogP contribution is 2.32. The number of carbonyl (C=O) groups is 2. The number of ether oxygens (including phenoxy) is 1. The molecule has 1 unspecified atom stereocenters. The number of nitrogens with two attached hydrogens (primary N) is 1. The Bertz CT molecular complexity index is 557. The lowest BCUT2D eigenvalue weighted by Gasteiger charge is -2.35. The van der Waals surface area contributed by atoms with Crippen molar-refractivity contribution in [1.29, 1.82) is 0 Å². The first kappa shape index (κ1) is 16.3. The van der Waals surface area contributed by atoms with Crippen molar-refractivity contribution < 1.29 is 14.3 Å². The van der Waals surface area contributed by atoms with Gasteiger partial charge in [0.05, 0.1) is 7.11 Å². The van der Waals surface area contributed by atoms with Crippen LogP contribution in [0.4, 0.5) is 5.69 Å². The minimum absolute atomic E-state index is 0.0110. The fraction of sp³-hybridized carbons (Fsp3) is 0.529. The van der Waals surface area contributed by atoms with Crippen LogP contribution in [0.2, 0.25) is 0 Å². The predicted molar refractivity (Wildman–Crippen MR) is 85.2 cm³/mol. The molecule has 2 N–H and O–H groups in total. The lowest BCUT2D eigenvalue weighted by atomic mass is 9.91. The van der Waals surface area contributed by atoms with Crippen molar-refractivity contribution in [1.82, 2.24) is 4.90 Å². The predicted octanol–water partition coefficient (Wildman–Crippen LogP) is 2.45. The third-order valence-corrected chi connectivity index (χ3v) is 4.14. The van der Waals surface area contributed by atoms with Gasteiger partial charge in [0.1, 0.15) is 0 Å². The number of unbranched alkanes of at least 4 members (excludes halogenated alkanes) is 2. The first-order chi connectivity index (χ1) is 10.6. The fourth-order valence-corrected chi connectivity index (χ4v) is 2.94. The van der Waals surface area contributed by atoms with Gasteiger partial charge in [0.2, 0.25) is 5.91 Å². The van der Waals surface area contributed by atoms with E-state index in [-0.39, 0.29) is 5.91 Å². The molecule has 0 aliphatic carbocycles. The zero-order chi connectivity index (χ0) is 16.1. The van der Waals surface area contributed by atoms with Gasteiger partial charge in [0, 0.05) is 18.7 Å². The molecule has 0 spiro atoms. The minimum atomic E-state index is -0.675. The molecule has 0 fully saturated rings. The van der Waals surface area contributed by atoms with Crippen LogP contribution in [0.15, 0.2) is 18.2 Å². The summed E-state index contributed by atoms with van der Waals surface area (Å²) in [6, 6.07) is 4.86. The van der Waals surface area contributed by atoms with E-state index in [0.717, 1.165) is 36.8 Å². The normalized spacial score (nSPS) is 17.0. The van der Waals surface area contributed by atoms with Crippen molar-refractivity contribution >= 4 is 17.6 Å². The SMILES string of the molecule is CCCCCC(=O)N1CCc2ccc(N)cc2C1C(=O)OC. The number of nitrogen functional groups attached to an aromatic ring is 1. The van der Waals surface area contributed by atoms with Gasteiger partial charge < -0.3 is 15.4 Å². The van der Waals surface area contributed by atoms with E-state index in [1.165, 1.54) is 7.11 Å². The van der Waals surface area contributed by atoms with Gasteiger partial charge in [0.15, 0.2) is 6.04 Å². The van der Waals surface area contributed by atoms with Gasteiger partial charge in [-0.1, -0.05) is 25.8 Å². The van der Waals surface area contributed by atoms with Crippen molar-refractivity contribution in [2.45, 2.75) is 45.1 Å². The van der Waals surface area contributed by atoms with Gasteiger partial charge in [-0.25, -0.2) is 4.79 Å². The van der Waals surface area contributed by atoms with Gasteiger partial charge in [-0.15, -0.1) is 0 Å². The molecule has 1 aliphatic rings. The lowest BCUT2D eigenvalue weighted by molar-refractivity contribution is -0.154. The summed E-state index contributed by atoms with van der Waals surface area (Å²) in [5.74, 6) is -0.396. The van der Waals surface area contributed by atoms with Crippen LogP contribution in [0.1, 0.15) is 49.8 Å². The van der Waals surface area contributed by atoms with Crippen molar-refractivity contribution in [3.8, 4) is 0 Å². The van der Waals surface area contributed by atoms with Crippen LogP contribution in [0.5, 0.6) is 0 Å². The molecular formula is C17H24N2O3. The Morgan fingerprint density at radius 2 is 2.14 bits per heavy atom. The van der Waals surface area contributed by atoms with E-state index in [1.807, 2.05) is 12.1 Å². The van der Waals surface area contributed by atoms with Crippen LogP contribution in [-0.2, 0) is 20.7 Å². The second kappa shape index (κ2) is 7.29. The van der Waals surface area contributed by atoms with Crippen molar-refractivity contribution in [2.75, 3.05) is 19.4 Å². The first-order valence-corrected chi connectivity index (χ1v) is 7.84. The number of hydrogen-bond donors (Lipinski definition) is 1. The summed E-state index contributed by atoms with van der Waals surface area (Å²) in [6.45, 7) is 2.64. The molecule has 1 heterocycles. The molecule has 0 aromatic heterocycles. The molecular weight excluding hydrogens is 280 g/mol. The van der Waals surface area contributed by atoms with Crippen LogP contribution in [0, 0.1) is 0 Å². The summed E-state index contributed by atoms with van der Waals surface area (Å²) in [4.78, 5) is 26.4. The maximum atomic E-state index is 12.5. The third kappa shape index (κ3) is 3.40. The Kier molecular flexibility index (Phi) is 5.41. The molecule has 1 aliphatic heterocycles. The Balaban J connectivity index is 2.27. The van der Waals surface area contributed by atoms with E-state index in [4.69, 9.17) is 10.5 Å². The smallest absolute Gasteiger partial charge is 0.333 e. The van der Waals surface area contributed by atoms with E-state index in [2.05, 4.69) is 6.92 Å². The number of benzene rings is 1. The molecule has 0 radical (unpaired) electrons. The maximum Gasteiger partial charge on any atom is 0.333 e. The van der Waals surface area contributed by atoms with Crippen molar-refractivity contribution in [3.63, 3.8) is 0 Å². The number of carbonyl (C=O) groups excluding carboxylic acids is 2. The Morgan fingerprint density at radius 1 is 1.36 bits per heavy atom. The largest absolute Gasteiger partial charge is 0.467 e. The van der Waals surface area contributed by atoms with E-state index in [9.17, 15) is 9.59 Å². The third-order valence-electron chi connectivity index (χ3n) is 4.14. The number of rotatable bonds is 5. The number of fused-ring (bicyclic) bond motifs is 1. The molecule has 5 heteroatoms. The van der Waals surface area contributed by atoms with Gasteiger partial charge in [0.25, 0.3) is 0 Å². The standard InChI is InChI=1S/C17H24N2O3/c1-3-4-5-6-15(20)19-10-9-12-7-8-13(18)11-14(12)16(19)17(21)22-2/h7-8,11,16H,3-6,9-10,18H2,1-2H3. The summed E-state index contributed by atoms with van der Waals surface area (Å²) >= 11 is 0. The minimum Gasteiger partial charge on any atom is -0.467 e. The van der Waals surface area contributed by atoms with E-state index in [0.29, 0.717) is 18.7 Å². The quantitative estimate of drug-likeness (QED) is 0.515. The number of amides is 1. The van der Waals surface area contributed by atoms with E-state index < -0.39 is 12.0 Å². The van der Waals surface area contributed by atoms with Crippen LogP contribution in [0.25, 0.3) is 0 Å². The van der Waals surface area contributed by atoms with E-state index in [1.54, 1.807) is 11.0 Å². The molecule has 1 amide bonds. The average Bonchev–Trinajstić information content (AvgIpc) is 2.53. The maximum absolute atomic E-state index is 12.5. The van der Waals surface area contributed by atoms with Crippen LogP contribution >= 0.6 is 0 Å². The summed E-state index contributed by atoms with van der Waals surface area (Å²) in [5, 5.41) is 0. The molecule has 22 heavy (non-hydrogen) atoms. The van der Waals surface area contributed by atoms with Crippen LogP contribution in [0.3, 0.4) is 0 Å². The van der Waals surface area contributed by atoms with Crippen molar-refractivity contribution in [3.05, 3.63) is 29.3 Å². The van der Waals surface area contributed by atoms with Gasteiger partial charge in [-0.05, 0) is 36.1 Å². The Labute approximate surface area is 131 Å². The molecule has 0 saturated heterocycles. The first-order valence-electron chi connectivity index (χ1n) is 7.84. The second-order valence-corrected chi connectivity index (χ2v) is 5.68. The molecule has 1 atom stereocenters. The molecule has 120 valence electrons. The van der Waals surface area contributed by atoms with Crippen LogP contribution in [-0.4, -0.2) is 30.4 Å². The summed E-state index contributed by atoms with van der Waals surface area (Å²) in [5.41, 5.74) is 8.29. The highest BCUT2D eigenvalue weighted by atomic mass is 16.5. The molecule has 5 nitrogen and oxygen atoms in total. The molecule has 1 aromatic carbocycles. The number of esters is 1. The molecule has 0 bridgehead atoms. The van der Waals surface area contributed by atoms with E-state index >= 15 is 0 Å². The second-order valence-electron chi connectivity index (χ2n) is 5.68. The summed E-state index contributed by atoms with van der Waals surface area (Å²) < 4.78 is 4.92. The lowest BCUT2D eigenvalue weighted by Crippen LogP contribution is -2.44. The van der Waals surface area contributed by atoms with Crippen LogP contribution < -0.4 is 5.73 Å². The summed E-state index contributed by atoms with van der Waals surface area (Å²) in [6.07, 6.45) is 4.14. The molecule has 0 saturated carbocycles. The highest BCUT2D eigenvalue weighted by molar-refractivity contribution is 5.86. The molecule has 1 aromatic rings. The number of nitrogens with zero attached hydrogens (tertiary/aromatic N) is 1. The fourth-order valence-electron chi connectivity index (χ4n) is 2.94.